The van der Waals surface area contributed by atoms with Crippen molar-refractivity contribution in [1.29, 1.82) is 0 Å². The fraction of sp³-hybridized carbons (Fsp3) is 0.875. The van der Waals surface area contributed by atoms with E-state index in [4.69, 9.17) is 16.3 Å². The van der Waals surface area contributed by atoms with E-state index in [2.05, 4.69) is 32.9 Å². The molecule has 0 aromatic rings. The van der Waals surface area contributed by atoms with Crippen molar-refractivity contribution in [1.82, 2.24) is 0 Å². The lowest BCUT2D eigenvalue weighted by molar-refractivity contribution is -0.0262. The summed E-state index contributed by atoms with van der Waals surface area (Å²) in [6, 6.07) is 0. The van der Waals surface area contributed by atoms with E-state index in [0.717, 1.165) is 43.1 Å². The summed E-state index contributed by atoms with van der Waals surface area (Å²) in [4.78, 5) is 0. The highest BCUT2D eigenvalue weighted by Crippen LogP contribution is 2.35. The minimum Gasteiger partial charge on any atom is -0.374 e. The van der Waals surface area contributed by atoms with Gasteiger partial charge in [0.15, 0.2) is 0 Å². The molecule has 1 aliphatic carbocycles. The van der Waals surface area contributed by atoms with Gasteiger partial charge in [0.1, 0.15) is 0 Å². The molecule has 2 heteroatoms. The summed E-state index contributed by atoms with van der Waals surface area (Å²) in [5, 5.41) is 0. The molecule has 0 saturated heterocycles. The molecule has 1 fully saturated rings. The zero-order valence-electron chi connectivity index (χ0n) is 12.2. The van der Waals surface area contributed by atoms with Gasteiger partial charge in [-0.15, -0.1) is 11.6 Å². The van der Waals surface area contributed by atoms with Gasteiger partial charge in [-0.3, -0.25) is 0 Å². The lowest BCUT2D eigenvalue weighted by Crippen LogP contribution is -2.34. The van der Waals surface area contributed by atoms with Crippen molar-refractivity contribution in [2.45, 2.75) is 59.0 Å². The summed E-state index contributed by atoms with van der Waals surface area (Å²) in [6.07, 6.45) is 10.9. The summed E-state index contributed by atoms with van der Waals surface area (Å²) in [6.45, 7) is 7.77. The van der Waals surface area contributed by atoms with Crippen molar-refractivity contribution >= 4 is 11.6 Å². The highest BCUT2D eigenvalue weighted by Gasteiger charge is 2.30. The molecule has 3 atom stereocenters. The van der Waals surface area contributed by atoms with E-state index in [1.807, 2.05) is 0 Å². The molecule has 0 bridgehead atoms. The third-order valence-electron chi connectivity index (χ3n) is 4.04. The third-order valence-corrected chi connectivity index (χ3v) is 4.31. The monoisotopic (exact) mass is 272 g/mol. The fourth-order valence-corrected chi connectivity index (χ4v) is 3.02. The van der Waals surface area contributed by atoms with Gasteiger partial charge in [0.25, 0.3) is 0 Å². The highest BCUT2D eigenvalue weighted by molar-refractivity contribution is 6.17. The largest absolute Gasteiger partial charge is 0.374 e. The molecular formula is C16H29ClO. The molecule has 0 aliphatic heterocycles. The lowest BCUT2D eigenvalue weighted by Gasteiger charge is -2.37. The second-order valence-electron chi connectivity index (χ2n) is 6.00. The number of hydrogen-bond acceptors (Lipinski definition) is 1. The van der Waals surface area contributed by atoms with Crippen LogP contribution in [0.1, 0.15) is 52.9 Å². The van der Waals surface area contributed by atoms with E-state index >= 15 is 0 Å². The highest BCUT2D eigenvalue weighted by atomic mass is 35.5. The van der Waals surface area contributed by atoms with Crippen LogP contribution in [-0.2, 0) is 4.74 Å². The first kappa shape index (κ1) is 16.0. The van der Waals surface area contributed by atoms with E-state index in [1.54, 1.807) is 0 Å². The summed E-state index contributed by atoms with van der Waals surface area (Å²) in [7, 11) is 0. The Morgan fingerprint density at radius 2 is 2.06 bits per heavy atom. The predicted octanol–water partition coefficient (Wildman–Crippen LogP) is 5.04. The molecule has 0 heterocycles. The standard InChI is InChI=1S/C16H29ClO/c1-13(2)15-9-8-14(3)12-16(15)18-11-7-5-4-6-10-17/h5,7,13-16H,4,6,8-12H2,1-3H3/b7-5+/t14-,15+,16-/m1/s1. The van der Waals surface area contributed by atoms with Gasteiger partial charge < -0.3 is 4.74 Å². The summed E-state index contributed by atoms with van der Waals surface area (Å²) in [5.74, 6) is 3.06. The van der Waals surface area contributed by atoms with Gasteiger partial charge in [-0.05, 0) is 43.4 Å². The molecule has 1 aliphatic rings. The molecule has 0 spiro atoms. The Hall–Kier alpha value is -0.0100. The number of rotatable bonds is 7. The predicted molar refractivity (Wildman–Crippen MR) is 80.2 cm³/mol. The summed E-state index contributed by atoms with van der Waals surface area (Å²) >= 11 is 5.64. The van der Waals surface area contributed by atoms with E-state index in [9.17, 15) is 0 Å². The van der Waals surface area contributed by atoms with Crippen LogP contribution < -0.4 is 0 Å². The minimum absolute atomic E-state index is 0.464. The zero-order chi connectivity index (χ0) is 13.4. The molecule has 1 rings (SSSR count). The van der Waals surface area contributed by atoms with Crippen molar-refractivity contribution < 1.29 is 4.74 Å². The molecular weight excluding hydrogens is 244 g/mol. The third kappa shape index (κ3) is 5.75. The second kappa shape index (κ2) is 8.98. The van der Waals surface area contributed by atoms with E-state index in [1.165, 1.54) is 19.3 Å². The Bertz CT molecular complexity index is 237. The van der Waals surface area contributed by atoms with Crippen molar-refractivity contribution in [3.63, 3.8) is 0 Å². The molecule has 0 unspecified atom stereocenters. The van der Waals surface area contributed by atoms with E-state index < -0.39 is 0 Å². The first-order chi connectivity index (χ1) is 8.65. The normalized spacial score (nSPS) is 29.3. The van der Waals surface area contributed by atoms with Crippen LogP contribution in [-0.4, -0.2) is 18.6 Å². The Balaban J connectivity index is 2.30. The maximum Gasteiger partial charge on any atom is 0.0651 e. The Morgan fingerprint density at radius 1 is 1.28 bits per heavy atom. The van der Waals surface area contributed by atoms with E-state index in [0.29, 0.717) is 6.10 Å². The number of hydrogen-bond donors (Lipinski definition) is 0. The number of alkyl halides is 1. The minimum atomic E-state index is 0.464. The molecule has 0 aromatic heterocycles. The van der Waals surface area contributed by atoms with Crippen LogP contribution in [0, 0.1) is 17.8 Å². The maximum atomic E-state index is 6.09. The van der Waals surface area contributed by atoms with Crippen LogP contribution in [0.3, 0.4) is 0 Å². The molecule has 0 N–H and O–H groups in total. The molecule has 106 valence electrons. The van der Waals surface area contributed by atoms with Crippen molar-refractivity contribution in [3.8, 4) is 0 Å². The second-order valence-corrected chi connectivity index (χ2v) is 6.38. The first-order valence-electron chi connectivity index (χ1n) is 7.47. The Labute approximate surface area is 118 Å². The SMILES string of the molecule is CC(C)[C@@H]1CC[C@@H](C)C[C@H]1OC/C=C/CCCCl. The topological polar surface area (TPSA) is 9.23 Å². The van der Waals surface area contributed by atoms with Crippen LogP contribution in [0.5, 0.6) is 0 Å². The number of unbranched alkanes of at least 4 members (excludes halogenated alkanes) is 1. The van der Waals surface area contributed by atoms with E-state index in [-0.39, 0.29) is 0 Å². The van der Waals surface area contributed by atoms with Crippen LogP contribution in [0.15, 0.2) is 12.2 Å². The number of allylic oxidation sites excluding steroid dienone is 1. The average molecular weight is 273 g/mol. The Morgan fingerprint density at radius 3 is 2.72 bits per heavy atom. The number of halogens is 1. The van der Waals surface area contributed by atoms with Gasteiger partial charge >= 0.3 is 0 Å². The number of ether oxygens (including phenoxy) is 1. The lowest BCUT2D eigenvalue weighted by atomic mass is 9.75. The van der Waals surface area contributed by atoms with Gasteiger partial charge in [-0.1, -0.05) is 39.3 Å². The molecule has 1 saturated carbocycles. The van der Waals surface area contributed by atoms with Crippen LogP contribution >= 0.6 is 11.6 Å². The molecule has 0 radical (unpaired) electrons. The molecule has 1 nitrogen and oxygen atoms in total. The molecule has 0 amide bonds. The van der Waals surface area contributed by atoms with Crippen LogP contribution in [0.25, 0.3) is 0 Å². The van der Waals surface area contributed by atoms with Crippen LogP contribution in [0.4, 0.5) is 0 Å². The average Bonchev–Trinajstić information content (AvgIpc) is 2.33. The van der Waals surface area contributed by atoms with Gasteiger partial charge in [-0.2, -0.15) is 0 Å². The molecule has 18 heavy (non-hydrogen) atoms. The van der Waals surface area contributed by atoms with Gasteiger partial charge in [0, 0.05) is 5.88 Å². The van der Waals surface area contributed by atoms with Crippen molar-refractivity contribution in [2.75, 3.05) is 12.5 Å². The maximum absolute atomic E-state index is 6.09. The summed E-state index contributed by atoms with van der Waals surface area (Å²) < 4.78 is 6.09. The van der Waals surface area contributed by atoms with Gasteiger partial charge in [0.2, 0.25) is 0 Å². The zero-order valence-corrected chi connectivity index (χ0v) is 13.0. The first-order valence-corrected chi connectivity index (χ1v) is 8.01. The molecule has 0 aromatic carbocycles. The quantitative estimate of drug-likeness (QED) is 0.358. The van der Waals surface area contributed by atoms with Crippen LogP contribution in [0.2, 0.25) is 0 Å². The Kier molecular flexibility index (Phi) is 8.01. The van der Waals surface area contributed by atoms with Gasteiger partial charge in [0.05, 0.1) is 12.7 Å². The summed E-state index contributed by atoms with van der Waals surface area (Å²) in [5.41, 5.74) is 0. The fourth-order valence-electron chi connectivity index (χ4n) is 2.87. The van der Waals surface area contributed by atoms with Crippen molar-refractivity contribution in [2.24, 2.45) is 17.8 Å². The van der Waals surface area contributed by atoms with Crippen molar-refractivity contribution in [3.05, 3.63) is 12.2 Å². The smallest absolute Gasteiger partial charge is 0.0651 e. The van der Waals surface area contributed by atoms with Gasteiger partial charge in [-0.25, -0.2) is 0 Å².